The molecule has 0 saturated heterocycles. The summed E-state index contributed by atoms with van der Waals surface area (Å²) in [6, 6.07) is 15.0. The molecule has 3 aromatic rings. The lowest BCUT2D eigenvalue weighted by Gasteiger charge is -2.12. The molecule has 1 heterocycles. The van der Waals surface area contributed by atoms with Crippen LogP contribution in [0, 0.1) is 6.92 Å². The number of hydrogen-bond donors (Lipinski definition) is 2. The van der Waals surface area contributed by atoms with Crippen LogP contribution < -0.4 is 10.0 Å². The molecule has 2 N–H and O–H groups in total. The molecule has 0 fully saturated rings. The van der Waals surface area contributed by atoms with Crippen molar-refractivity contribution < 1.29 is 13.2 Å². The fourth-order valence-electron chi connectivity index (χ4n) is 2.60. The summed E-state index contributed by atoms with van der Waals surface area (Å²) in [5.41, 5.74) is 1.72. The maximum absolute atomic E-state index is 12.7. The van der Waals surface area contributed by atoms with E-state index in [0.717, 1.165) is 4.90 Å². The molecule has 0 saturated carbocycles. The van der Waals surface area contributed by atoms with Gasteiger partial charge in [0.2, 0.25) is 5.95 Å². The van der Waals surface area contributed by atoms with Crippen molar-refractivity contribution >= 4 is 39.3 Å². The number of benzene rings is 2. The second kappa shape index (κ2) is 9.27. The molecular formula is C21H22N4O3S2. The number of nitrogens with one attached hydrogen (secondary N) is 2. The molecule has 0 aliphatic rings. The fourth-order valence-corrected chi connectivity index (χ4v) is 4.51. The van der Waals surface area contributed by atoms with E-state index >= 15 is 0 Å². The van der Waals surface area contributed by atoms with E-state index in [9.17, 15) is 13.2 Å². The fraction of sp³-hybridized carbons (Fsp3) is 0.190. The van der Waals surface area contributed by atoms with Gasteiger partial charge >= 0.3 is 0 Å². The van der Waals surface area contributed by atoms with Gasteiger partial charge in [-0.3, -0.25) is 4.79 Å². The summed E-state index contributed by atoms with van der Waals surface area (Å²) < 4.78 is 27.4. The number of hydrogen-bond acceptors (Lipinski definition) is 6. The molecule has 0 aliphatic heterocycles. The first-order valence-corrected chi connectivity index (χ1v) is 11.6. The Hall–Kier alpha value is -2.91. The molecule has 0 radical (unpaired) electrons. The number of amides is 1. The van der Waals surface area contributed by atoms with E-state index in [1.807, 2.05) is 18.2 Å². The van der Waals surface area contributed by atoms with Gasteiger partial charge in [-0.1, -0.05) is 26.0 Å². The van der Waals surface area contributed by atoms with Crippen LogP contribution in [0.15, 0.2) is 70.6 Å². The van der Waals surface area contributed by atoms with E-state index in [2.05, 4.69) is 33.9 Å². The largest absolute Gasteiger partial charge is 0.322 e. The quantitative estimate of drug-likeness (QED) is 0.528. The van der Waals surface area contributed by atoms with E-state index in [1.165, 1.54) is 18.3 Å². The van der Waals surface area contributed by atoms with Crippen LogP contribution in [0.3, 0.4) is 0 Å². The van der Waals surface area contributed by atoms with Gasteiger partial charge in [-0.2, -0.15) is 0 Å². The number of rotatable bonds is 7. The first-order valence-electron chi connectivity index (χ1n) is 9.24. The molecule has 0 spiro atoms. The van der Waals surface area contributed by atoms with Crippen molar-refractivity contribution in [2.45, 2.75) is 35.8 Å². The Morgan fingerprint density at radius 2 is 1.73 bits per heavy atom. The summed E-state index contributed by atoms with van der Waals surface area (Å²) in [6.07, 6.45) is 1.48. The van der Waals surface area contributed by atoms with Gasteiger partial charge in [0, 0.05) is 27.7 Å². The summed E-state index contributed by atoms with van der Waals surface area (Å²) in [5, 5.41) is 3.16. The second-order valence-corrected chi connectivity index (χ2v) is 10.1. The van der Waals surface area contributed by atoms with Crippen LogP contribution in [-0.2, 0) is 10.0 Å². The predicted molar refractivity (Wildman–Crippen MR) is 119 cm³/mol. The van der Waals surface area contributed by atoms with Gasteiger partial charge in [-0.05, 0) is 49.4 Å². The van der Waals surface area contributed by atoms with E-state index in [-0.39, 0.29) is 16.8 Å². The summed E-state index contributed by atoms with van der Waals surface area (Å²) in [7, 11) is -3.84. The third-order valence-electron chi connectivity index (χ3n) is 3.94. The summed E-state index contributed by atoms with van der Waals surface area (Å²) >= 11 is 1.61. The Kier molecular flexibility index (Phi) is 6.73. The van der Waals surface area contributed by atoms with Crippen molar-refractivity contribution in [3.05, 3.63) is 72.1 Å². The zero-order chi connectivity index (χ0) is 21.7. The summed E-state index contributed by atoms with van der Waals surface area (Å²) in [6.45, 7) is 5.87. The van der Waals surface area contributed by atoms with Crippen molar-refractivity contribution in [2.75, 3.05) is 10.0 Å². The van der Waals surface area contributed by atoms with Gasteiger partial charge in [0.05, 0.1) is 10.5 Å². The van der Waals surface area contributed by atoms with E-state index in [1.54, 1.807) is 43.0 Å². The Morgan fingerprint density at radius 3 is 2.40 bits per heavy atom. The van der Waals surface area contributed by atoms with Crippen molar-refractivity contribution in [3.8, 4) is 0 Å². The zero-order valence-electron chi connectivity index (χ0n) is 16.8. The molecule has 1 aromatic heterocycles. The molecule has 0 bridgehead atoms. The average molecular weight is 443 g/mol. The van der Waals surface area contributed by atoms with Crippen LogP contribution >= 0.6 is 11.8 Å². The number of carbonyl (C=O) groups excluding carboxylic acids is 1. The number of sulfonamides is 1. The van der Waals surface area contributed by atoms with E-state index < -0.39 is 10.0 Å². The molecule has 156 valence electrons. The maximum atomic E-state index is 12.7. The average Bonchev–Trinajstić information content (AvgIpc) is 2.68. The van der Waals surface area contributed by atoms with Crippen LogP contribution in [-0.4, -0.2) is 29.5 Å². The van der Waals surface area contributed by atoms with Gasteiger partial charge in [-0.15, -0.1) is 11.8 Å². The molecule has 7 nitrogen and oxygen atoms in total. The normalized spacial score (nSPS) is 11.3. The van der Waals surface area contributed by atoms with Crippen LogP contribution in [0.4, 0.5) is 11.6 Å². The monoisotopic (exact) mass is 442 g/mol. The highest BCUT2D eigenvalue weighted by Gasteiger charge is 2.17. The van der Waals surface area contributed by atoms with Crippen molar-refractivity contribution in [2.24, 2.45) is 0 Å². The second-order valence-electron chi connectivity index (χ2n) is 6.77. The Bertz CT molecular complexity index is 1150. The van der Waals surface area contributed by atoms with Gasteiger partial charge in [0.1, 0.15) is 0 Å². The standard InChI is InChI=1S/C21H22N4O3S2/c1-14(2)29-19-7-5-4-6-18(19)20(26)24-16-8-10-17(11-9-16)30(27,28)25-21-22-13-12-15(3)23-21/h4-14H,1-3H3,(H,24,26)(H,22,23,25). The van der Waals surface area contributed by atoms with Gasteiger partial charge in [0.25, 0.3) is 15.9 Å². The van der Waals surface area contributed by atoms with Crippen LogP contribution in [0.2, 0.25) is 0 Å². The van der Waals surface area contributed by atoms with Crippen molar-refractivity contribution in [3.63, 3.8) is 0 Å². The van der Waals surface area contributed by atoms with E-state index in [4.69, 9.17) is 0 Å². The molecular weight excluding hydrogens is 420 g/mol. The lowest BCUT2D eigenvalue weighted by atomic mass is 10.2. The number of thioether (sulfide) groups is 1. The Labute approximate surface area is 180 Å². The predicted octanol–water partition coefficient (Wildman–Crippen LogP) is 4.34. The number of aryl methyl sites for hydroxylation is 1. The minimum Gasteiger partial charge on any atom is -0.322 e. The maximum Gasteiger partial charge on any atom is 0.264 e. The SMILES string of the molecule is Cc1ccnc(NS(=O)(=O)c2ccc(NC(=O)c3ccccc3SC(C)C)cc2)n1. The molecule has 3 rings (SSSR count). The van der Waals surface area contributed by atoms with Crippen molar-refractivity contribution in [1.82, 2.24) is 9.97 Å². The zero-order valence-corrected chi connectivity index (χ0v) is 18.4. The third-order valence-corrected chi connectivity index (χ3v) is 6.36. The molecule has 2 aromatic carbocycles. The smallest absolute Gasteiger partial charge is 0.264 e. The lowest BCUT2D eigenvalue weighted by molar-refractivity contribution is 0.102. The Balaban J connectivity index is 1.74. The minimum absolute atomic E-state index is 0.00615. The van der Waals surface area contributed by atoms with Gasteiger partial charge in [0.15, 0.2) is 0 Å². The molecule has 1 amide bonds. The summed E-state index contributed by atoms with van der Waals surface area (Å²) in [5.74, 6) is -0.243. The molecule has 9 heteroatoms. The van der Waals surface area contributed by atoms with E-state index in [0.29, 0.717) is 22.2 Å². The van der Waals surface area contributed by atoms with Crippen LogP contribution in [0.25, 0.3) is 0 Å². The highest BCUT2D eigenvalue weighted by molar-refractivity contribution is 8.00. The molecule has 0 atom stereocenters. The first kappa shape index (κ1) is 21.8. The number of nitrogens with zero attached hydrogens (tertiary/aromatic N) is 2. The first-order chi connectivity index (χ1) is 14.2. The number of anilines is 2. The highest BCUT2D eigenvalue weighted by Crippen LogP contribution is 2.27. The van der Waals surface area contributed by atoms with Crippen LogP contribution in [0.1, 0.15) is 29.9 Å². The van der Waals surface area contributed by atoms with Gasteiger partial charge < -0.3 is 5.32 Å². The number of aromatic nitrogens is 2. The summed E-state index contributed by atoms with van der Waals surface area (Å²) in [4.78, 5) is 21.6. The highest BCUT2D eigenvalue weighted by atomic mass is 32.2. The molecule has 0 aliphatic carbocycles. The molecule has 30 heavy (non-hydrogen) atoms. The van der Waals surface area contributed by atoms with Crippen molar-refractivity contribution in [1.29, 1.82) is 0 Å². The Morgan fingerprint density at radius 1 is 1.03 bits per heavy atom. The van der Waals surface area contributed by atoms with Crippen LogP contribution in [0.5, 0.6) is 0 Å². The molecule has 0 unspecified atom stereocenters. The minimum atomic E-state index is -3.84. The number of carbonyl (C=O) groups is 1. The lowest BCUT2D eigenvalue weighted by Crippen LogP contribution is -2.16. The topological polar surface area (TPSA) is 101 Å². The third kappa shape index (κ3) is 5.58. The van der Waals surface area contributed by atoms with Gasteiger partial charge in [-0.25, -0.2) is 23.1 Å².